The molecular weight excluding hydrogens is 338 g/mol. The minimum Gasteiger partial charge on any atom is -0.280 e. The van der Waals surface area contributed by atoms with Crippen molar-refractivity contribution < 1.29 is 8.42 Å². The fourth-order valence-corrected chi connectivity index (χ4v) is 3.61. The van der Waals surface area contributed by atoms with E-state index in [1.165, 1.54) is 12.4 Å². The lowest BCUT2D eigenvalue weighted by Gasteiger charge is -2.09. The summed E-state index contributed by atoms with van der Waals surface area (Å²) in [6.45, 7) is 7.05. The van der Waals surface area contributed by atoms with Crippen LogP contribution < -0.4 is 4.72 Å². The molecule has 0 fully saturated rings. The normalized spacial score (nSPS) is 11.6. The van der Waals surface area contributed by atoms with Crippen LogP contribution in [0.4, 0.5) is 5.69 Å². The zero-order chi connectivity index (χ0) is 18.0. The molecule has 1 N–H and O–H groups in total. The molecule has 0 bridgehead atoms. The Morgan fingerprint density at radius 3 is 2.64 bits per heavy atom. The molecule has 0 aliphatic rings. The Hall–Kier alpha value is -2.61. The summed E-state index contributed by atoms with van der Waals surface area (Å²) in [5, 5.41) is 8.45. The molecule has 2 aromatic heterocycles. The number of anilines is 1. The summed E-state index contributed by atoms with van der Waals surface area (Å²) in [5.74, 6) is 0. The second-order valence-corrected chi connectivity index (χ2v) is 7.60. The van der Waals surface area contributed by atoms with Gasteiger partial charge in [0.2, 0.25) is 0 Å². The van der Waals surface area contributed by atoms with Crippen molar-refractivity contribution in [1.29, 1.82) is 0 Å². The summed E-state index contributed by atoms with van der Waals surface area (Å²) < 4.78 is 31.0. The van der Waals surface area contributed by atoms with Crippen LogP contribution in [0.3, 0.4) is 0 Å². The minimum absolute atomic E-state index is 0.151. The number of aromatic nitrogens is 4. The summed E-state index contributed by atoms with van der Waals surface area (Å²) >= 11 is 0. The molecule has 0 atom stereocenters. The highest BCUT2D eigenvalue weighted by molar-refractivity contribution is 7.92. The number of benzene rings is 1. The second-order valence-electron chi connectivity index (χ2n) is 5.92. The van der Waals surface area contributed by atoms with Gasteiger partial charge in [-0.05, 0) is 44.5 Å². The standard InChI is InChI=1S/C17H21N5O2S/c1-4-21-12-17(10-18-21)25(23,24)20-16-7-5-6-15(9-16)11-22-14(3)8-13(2)19-22/h5-10,12,20H,4,11H2,1-3H3. The van der Waals surface area contributed by atoms with E-state index in [1.807, 2.05) is 49.7 Å². The van der Waals surface area contributed by atoms with Crippen molar-refractivity contribution in [2.24, 2.45) is 0 Å². The van der Waals surface area contributed by atoms with Crippen molar-refractivity contribution in [2.45, 2.75) is 38.8 Å². The van der Waals surface area contributed by atoms with E-state index in [9.17, 15) is 8.42 Å². The Labute approximate surface area is 147 Å². The Kier molecular flexibility index (Phi) is 4.63. The van der Waals surface area contributed by atoms with Crippen LogP contribution in [0.2, 0.25) is 0 Å². The van der Waals surface area contributed by atoms with Crippen molar-refractivity contribution >= 4 is 15.7 Å². The lowest BCUT2D eigenvalue weighted by atomic mass is 10.2. The second kappa shape index (κ2) is 6.72. The summed E-state index contributed by atoms with van der Waals surface area (Å²) in [6, 6.07) is 9.33. The van der Waals surface area contributed by atoms with Crippen LogP contribution in [0.5, 0.6) is 0 Å². The molecule has 132 valence electrons. The number of hydrogen-bond donors (Lipinski definition) is 1. The maximum Gasteiger partial charge on any atom is 0.265 e. The fraction of sp³-hybridized carbons (Fsp3) is 0.294. The van der Waals surface area contributed by atoms with Gasteiger partial charge in [-0.15, -0.1) is 0 Å². The molecule has 0 amide bonds. The maximum atomic E-state index is 12.5. The highest BCUT2D eigenvalue weighted by Gasteiger charge is 2.16. The largest absolute Gasteiger partial charge is 0.280 e. The first-order valence-electron chi connectivity index (χ1n) is 8.02. The summed E-state index contributed by atoms with van der Waals surface area (Å²) in [4.78, 5) is 0.151. The molecule has 25 heavy (non-hydrogen) atoms. The van der Waals surface area contributed by atoms with E-state index in [0.717, 1.165) is 17.0 Å². The molecule has 0 saturated carbocycles. The van der Waals surface area contributed by atoms with Crippen LogP contribution in [-0.4, -0.2) is 28.0 Å². The summed E-state index contributed by atoms with van der Waals surface area (Å²) in [6.07, 6.45) is 2.87. The van der Waals surface area contributed by atoms with E-state index in [1.54, 1.807) is 10.7 Å². The fourth-order valence-electron chi connectivity index (χ4n) is 2.61. The van der Waals surface area contributed by atoms with Crippen molar-refractivity contribution in [3.63, 3.8) is 0 Å². The van der Waals surface area contributed by atoms with Gasteiger partial charge in [0.05, 0.1) is 18.4 Å². The predicted molar refractivity (Wildman–Crippen MR) is 96.0 cm³/mol. The Balaban J connectivity index is 1.80. The maximum absolute atomic E-state index is 12.5. The molecule has 0 aliphatic heterocycles. The van der Waals surface area contributed by atoms with Crippen LogP contribution in [-0.2, 0) is 23.1 Å². The van der Waals surface area contributed by atoms with Crippen LogP contribution >= 0.6 is 0 Å². The third kappa shape index (κ3) is 3.90. The Morgan fingerprint density at radius 1 is 1.20 bits per heavy atom. The van der Waals surface area contributed by atoms with E-state index in [2.05, 4.69) is 14.9 Å². The van der Waals surface area contributed by atoms with Gasteiger partial charge in [0.25, 0.3) is 10.0 Å². The molecule has 1 aromatic carbocycles. The van der Waals surface area contributed by atoms with Crippen LogP contribution in [0.15, 0.2) is 47.6 Å². The molecular formula is C17H21N5O2S. The van der Waals surface area contributed by atoms with E-state index < -0.39 is 10.0 Å². The molecule has 7 nitrogen and oxygen atoms in total. The summed E-state index contributed by atoms with van der Waals surface area (Å²) in [5.41, 5.74) is 3.51. The topological polar surface area (TPSA) is 81.8 Å². The van der Waals surface area contributed by atoms with Crippen molar-refractivity contribution in [3.8, 4) is 0 Å². The predicted octanol–water partition coefficient (Wildman–Crippen LogP) is 2.57. The van der Waals surface area contributed by atoms with E-state index in [-0.39, 0.29) is 4.90 Å². The van der Waals surface area contributed by atoms with E-state index >= 15 is 0 Å². The molecule has 0 saturated heterocycles. The average Bonchev–Trinajstić information content (AvgIpc) is 3.14. The number of aryl methyl sites for hydroxylation is 3. The van der Waals surface area contributed by atoms with Crippen molar-refractivity contribution in [1.82, 2.24) is 19.6 Å². The summed E-state index contributed by atoms with van der Waals surface area (Å²) in [7, 11) is -3.65. The molecule has 0 aliphatic carbocycles. The number of nitrogens with zero attached hydrogens (tertiary/aromatic N) is 4. The lowest BCUT2D eigenvalue weighted by Crippen LogP contribution is -2.13. The first-order chi connectivity index (χ1) is 11.9. The Morgan fingerprint density at radius 2 is 2.00 bits per heavy atom. The number of nitrogens with one attached hydrogen (secondary N) is 1. The number of hydrogen-bond acceptors (Lipinski definition) is 4. The van der Waals surface area contributed by atoms with Crippen molar-refractivity contribution in [2.75, 3.05) is 4.72 Å². The highest BCUT2D eigenvalue weighted by Crippen LogP contribution is 2.18. The first-order valence-corrected chi connectivity index (χ1v) is 9.51. The van der Waals surface area contributed by atoms with Gasteiger partial charge in [0, 0.05) is 24.1 Å². The first kappa shape index (κ1) is 17.2. The van der Waals surface area contributed by atoms with Gasteiger partial charge in [0.15, 0.2) is 0 Å². The van der Waals surface area contributed by atoms with Gasteiger partial charge < -0.3 is 0 Å². The number of rotatable bonds is 6. The van der Waals surface area contributed by atoms with Crippen LogP contribution in [0, 0.1) is 13.8 Å². The average molecular weight is 359 g/mol. The van der Waals surface area contributed by atoms with E-state index in [4.69, 9.17) is 0 Å². The molecule has 0 unspecified atom stereocenters. The third-order valence-corrected chi connectivity index (χ3v) is 5.19. The minimum atomic E-state index is -3.65. The molecule has 3 rings (SSSR count). The lowest BCUT2D eigenvalue weighted by molar-refractivity contribution is 0.600. The zero-order valence-electron chi connectivity index (χ0n) is 14.5. The van der Waals surface area contributed by atoms with Gasteiger partial charge in [-0.1, -0.05) is 12.1 Å². The molecule has 3 aromatic rings. The highest BCUT2D eigenvalue weighted by atomic mass is 32.2. The Bertz CT molecular complexity index is 988. The third-order valence-electron chi connectivity index (χ3n) is 3.86. The number of sulfonamides is 1. The quantitative estimate of drug-likeness (QED) is 0.733. The van der Waals surface area contributed by atoms with Gasteiger partial charge in [-0.2, -0.15) is 10.2 Å². The molecule has 8 heteroatoms. The zero-order valence-corrected chi connectivity index (χ0v) is 15.3. The SMILES string of the molecule is CCn1cc(S(=O)(=O)Nc2cccc(Cn3nc(C)cc3C)c2)cn1. The van der Waals surface area contributed by atoms with E-state index in [0.29, 0.717) is 18.8 Å². The smallest absolute Gasteiger partial charge is 0.265 e. The van der Waals surface area contributed by atoms with Crippen molar-refractivity contribution in [3.05, 3.63) is 59.7 Å². The van der Waals surface area contributed by atoms with Gasteiger partial charge >= 0.3 is 0 Å². The molecule has 2 heterocycles. The molecule has 0 radical (unpaired) electrons. The van der Waals surface area contributed by atoms with Gasteiger partial charge in [-0.25, -0.2) is 8.42 Å². The van der Waals surface area contributed by atoms with Gasteiger partial charge in [-0.3, -0.25) is 14.1 Å². The molecule has 0 spiro atoms. The van der Waals surface area contributed by atoms with Crippen LogP contribution in [0.1, 0.15) is 23.9 Å². The van der Waals surface area contributed by atoms with Crippen LogP contribution in [0.25, 0.3) is 0 Å². The van der Waals surface area contributed by atoms with Gasteiger partial charge in [0.1, 0.15) is 4.90 Å². The monoisotopic (exact) mass is 359 g/mol.